The molecule has 0 spiro atoms. The monoisotopic (exact) mass is 442 g/mol. The fourth-order valence-electron chi connectivity index (χ4n) is 4.22. The zero-order valence-corrected chi connectivity index (χ0v) is 19.0. The average Bonchev–Trinajstić information content (AvgIpc) is 2.96. The third kappa shape index (κ3) is 6.01. The number of amides is 4. The van der Waals surface area contributed by atoms with Crippen molar-refractivity contribution in [1.82, 2.24) is 15.5 Å². The van der Waals surface area contributed by atoms with Crippen LogP contribution in [-0.4, -0.2) is 46.7 Å². The molecular weight excluding hydrogens is 408 g/mol. The van der Waals surface area contributed by atoms with Crippen molar-refractivity contribution in [3.8, 4) is 0 Å². The van der Waals surface area contributed by atoms with Crippen LogP contribution in [0.1, 0.15) is 91.5 Å². The van der Waals surface area contributed by atoms with Gasteiger partial charge in [0.25, 0.3) is 11.8 Å². The Balaban J connectivity index is 1.45. The predicted octanol–water partition coefficient (Wildman–Crippen LogP) is 2.26. The van der Waals surface area contributed by atoms with Crippen molar-refractivity contribution in [3.05, 3.63) is 34.9 Å². The molecule has 1 aromatic carbocycles. The van der Waals surface area contributed by atoms with Gasteiger partial charge < -0.3 is 11.1 Å². The molecule has 0 saturated carbocycles. The standard InChI is InChI=1S/C24H34N4O4/c1-24(2,25)12-6-4-3-5-7-13-26-15-16-8-9-17-18(14-16)23(32)28(22(17)31)19-10-11-20(29)27-21(19)30/h8-9,14,19,26H,3-7,10-13,15,25H2,1-2H3,(H,27,29,30). The molecule has 0 aromatic heterocycles. The van der Waals surface area contributed by atoms with E-state index in [0.29, 0.717) is 17.7 Å². The van der Waals surface area contributed by atoms with E-state index in [9.17, 15) is 19.2 Å². The lowest BCUT2D eigenvalue weighted by molar-refractivity contribution is -0.136. The van der Waals surface area contributed by atoms with Crippen molar-refractivity contribution < 1.29 is 19.2 Å². The van der Waals surface area contributed by atoms with Crippen LogP contribution in [0.15, 0.2) is 18.2 Å². The number of unbranched alkanes of at least 4 members (excludes halogenated alkanes) is 4. The smallest absolute Gasteiger partial charge is 0.262 e. The van der Waals surface area contributed by atoms with Gasteiger partial charge in [0.15, 0.2) is 0 Å². The van der Waals surface area contributed by atoms with Crippen LogP contribution in [0.2, 0.25) is 0 Å². The van der Waals surface area contributed by atoms with Crippen LogP contribution in [0, 0.1) is 0 Å². The van der Waals surface area contributed by atoms with Crippen molar-refractivity contribution in [2.45, 2.75) is 83.3 Å². The zero-order valence-electron chi connectivity index (χ0n) is 19.0. The maximum Gasteiger partial charge on any atom is 0.262 e. The van der Waals surface area contributed by atoms with E-state index in [1.165, 1.54) is 12.8 Å². The highest BCUT2D eigenvalue weighted by Gasteiger charge is 2.44. The van der Waals surface area contributed by atoms with Gasteiger partial charge in [-0.15, -0.1) is 0 Å². The Kier molecular flexibility index (Phi) is 7.79. The summed E-state index contributed by atoms with van der Waals surface area (Å²) in [6, 6.07) is 4.28. The van der Waals surface area contributed by atoms with Gasteiger partial charge in [-0.3, -0.25) is 29.4 Å². The summed E-state index contributed by atoms with van der Waals surface area (Å²) in [4.78, 5) is 50.1. The molecule has 1 atom stereocenters. The van der Waals surface area contributed by atoms with Gasteiger partial charge in [0, 0.05) is 18.5 Å². The molecule has 1 saturated heterocycles. The lowest BCUT2D eigenvalue weighted by Gasteiger charge is -2.27. The molecule has 1 fully saturated rings. The molecule has 3 rings (SSSR count). The molecule has 2 aliphatic heterocycles. The topological polar surface area (TPSA) is 122 Å². The summed E-state index contributed by atoms with van der Waals surface area (Å²) >= 11 is 0. The van der Waals surface area contributed by atoms with E-state index in [1.54, 1.807) is 12.1 Å². The Labute approximate surface area is 189 Å². The summed E-state index contributed by atoms with van der Waals surface area (Å²) in [5, 5.41) is 5.60. The van der Waals surface area contributed by atoms with Crippen LogP contribution in [-0.2, 0) is 16.1 Å². The third-order valence-corrected chi connectivity index (χ3v) is 6.01. The second-order valence-corrected chi connectivity index (χ2v) is 9.51. The molecule has 1 aromatic rings. The number of nitrogens with two attached hydrogens (primary N) is 1. The van der Waals surface area contributed by atoms with Gasteiger partial charge in [-0.25, -0.2) is 0 Å². The number of benzene rings is 1. The van der Waals surface area contributed by atoms with Gasteiger partial charge in [0.2, 0.25) is 11.8 Å². The Bertz CT molecular complexity index is 890. The number of fused-ring (bicyclic) bond motifs is 1. The van der Waals surface area contributed by atoms with Gasteiger partial charge in [0.05, 0.1) is 11.1 Å². The first kappa shape index (κ1) is 24.1. The fourth-order valence-corrected chi connectivity index (χ4v) is 4.22. The van der Waals surface area contributed by atoms with Crippen LogP contribution in [0.25, 0.3) is 0 Å². The summed E-state index contributed by atoms with van der Waals surface area (Å²) in [7, 11) is 0. The first-order chi connectivity index (χ1) is 15.2. The summed E-state index contributed by atoms with van der Waals surface area (Å²) in [5.74, 6) is -1.92. The minimum absolute atomic E-state index is 0.0810. The maximum atomic E-state index is 12.9. The molecule has 0 bridgehead atoms. The second kappa shape index (κ2) is 10.4. The van der Waals surface area contributed by atoms with E-state index >= 15 is 0 Å². The van der Waals surface area contributed by atoms with Gasteiger partial charge in [-0.1, -0.05) is 31.7 Å². The van der Waals surface area contributed by atoms with Gasteiger partial charge >= 0.3 is 0 Å². The third-order valence-electron chi connectivity index (χ3n) is 6.01. The van der Waals surface area contributed by atoms with Crippen molar-refractivity contribution in [2.75, 3.05) is 6.54 Å². The number of rotatable bonds is 11. The van der Waals surface area contributed by atoms with Gasteiger partial charge in [-0.05, 0) is 57.4 Å². The van der Waals surface area contributed by atoms with Crippen molar-refractivity contribution in [3.63, 3.8) is 0 Å². The molecule has 8 nitrogen and oxygen atoms in total. The Morgan fingerprint density at radius 2 is 1.72 bits per heavy atom. The number of hydrogen-bond acceptors (Lipinski definition) is 6. The molecule has 174 valence electrons. The quantitative estimate of drug-likeness (QED) is 0.357. The zero-order chi connectivity index (χ0) is 23.3. The van der Waals surface area contributed by atoms with E-state index in [4.69, 9.17) is 5.73 Å². The fraction of sp³-hybridized carbons (Fsp3) is 0.583. The Morgan fingerprint density at radius 3 is 2.44 bits per heavy atom. The van der Waals surface area contributed by atoms with Crippen molar-refractivity contribution in [1.29, 1.82) is 0 Å². The van der Waals surface area contributed by atoms with Crippen LogP contribution < -0.4 is 16.4 Å². The van der Waals surface area contributed by atoms with Gasteiger partial charge in [-0.2, -0.15) is 0 Å². The van der Waals surface area contributed by atoms with E-state index in [-0.39, 0.29) is 24.3 Å². The number of imide groups is 2. The summed E-state index contributed by atoms with van der Waals surface area (Å²) in [5.41, 5.74) is 7.46. The summed E-state index contributed by atoms with van der Waals surface area (Å²) in [6.07, 6.45) is 7.13. The van der Waals surface area contributed by atoms with E-state index in [2.05, 4.69) is 24.5 Å². The first-order valence-electron chi connectivity index (χ1n) is 11.5. The highest BCUT2D eigenvalue weighted by Crippen LogP contribution is 2.28. The minimum atomic E-state index is -0.933. The SMILES string of the molecule is CC(C)(N)CCCCCCCNCc1ccc2c(c1)C(=O)N(C1CCC(=O)NC1=O)C2=O. The lowest BCUT2D eigenvalue weighted by Crippen LogP contribution is -2.54. The highest BCUT2D eigenvalue weighted by molar-refractivity contribution is 6.23. The Hall–Kier alpha value is -2.58. The van der Waals surface area contributed by atoms with Crippen molar-refractivity contribution >= 4 is 23.6 Å². The number of nitrogens with zero attached hydrogens (tertiary/aromatic N) is 1. The number of nitrogens with one attached hydrogen (secondary N) is 2. The number of piperidine rings is 1. The number of carbonyl (C=O) groups is 4. The predicted molar refractivity (Wildman–Crippen MR) is 121 cm³/mol. The maximum absolute atomic E-state index is 12.9. The minimum Gasteiger partial charge on any atom is -0.326 e. The van der Waals surface area contributed by atoms with Gasteiger partial charge in [0.1, 0.15) is 6.04 Å². The first-order valence-corrected chi connectivity index (χ1v) is 11.5. The Morgan fingerprint density at radius 1 is 1.03 bits per heavy atom. The van der Waals surface area contributed by atoms with Crippen LogP contribution in [0.4, 0.5) is 0 Å². The van der Waals surface area contributed by atoms with Crippen LogP contribution in [0.3, 0.4) is 0 Å². The molecule has 1 unspecified atom stereocenters. The van der Waals surface area contributed by atoms with Crippen LogP contribution in [0.5, 0.6) is 0 Å². The van der Waals surface area contributed by atoms with E-state index in [0.717, 1.165) is 42.7 Å². The molecule has 32 heavy (non-hydrogen) atoms. The highest BCUT2D eigenvalue weighted by atomic mass is 16.2. The number of hydrogen-bond donors (Lipinski definition) is 3. The second-order valence-electron chi connectivity index (χ2n) is 9.51. The molecule has 0 aliphatic carbocycles. The molecule has 4 amide bonds. The molecular formula is C24H34N4O4. The molecule has 2 aliphatic rings. The van der Waals surface area contributed by atoms with E-state index in [1.807, 2.05) is 6.07 Å². The molecule has 0 radical (unpaired) electrons. The summed E-state index contributed by atoms with van der Waals surface area (Å²) < 4.78 is 0. The largest absolute Gasteiger partial charge is 0.326 e. The molecule has 8 heteroatoms. The summed E-state index contributed by atoms with van der Waals surface area (Å²) in [6.45, 7) is 5.61. The molecule has 4 N–H and O–H groups in total. The van der Waals surface area contributed by atoms with Crippen LogP contribution >= 0.6 is 0 Å². The lowest BCUT2D eigenvalue weighted by atomic mass is 9.97. The number of carbonyl (C=O) groups excluding carboxylic acids is 4. The van der Waals surface area contributed by atoms with E-state index < -0.39 is 23.8 Å². The average molecular weight is 443 g/mol. The molecule has 2 heterocycles. The normalized spacial score (nSPS) is 18.8. The van der Waals surface area contributed by atoms with Crippen molar-refractivity contribution in [2.24, 2.45) is 5.73 Å².